The van der Waals surface area contributed by atoms with Crippen molar-refractivity contribution in [2.75, 3.05) is 20.3 Å². The van der Waals surface area contributed by atoms with Crippen LogP contribution in [0.15, 0.2) is 6.20 Å². The molecule has 0 saturated carbocycles. The monoisotopic (exact) mass is 235 g/mol. The molecule has 0 atom stereocenters. The zero-order valence-electron chi connectivity index (χ0n) is 9.03. The smallest absolute Gasteiger partial charge is 0.257 e. The largest absolute Gasteiger partial charge is 0.474 e. The maximum atomic E-state index is 12.1. The molecular formula is C9H15F2N3O2. The molecule has 0 radical (unpaired) electrons. The van der Waals surface area contributed by atoms with Crippen LogP contribution >= 0.6 is 0 Å². The predicted molar refractivity (Wildman–Crippen MR) is 53.5 cm³/mol. The highest BCUT2D eigenvalue weighted by Gasteiger charge is 2.11. The van der Waals surface area contributed by atoms with Gasteiger partial charge in [-0.3, -0.25) is 4.68 Å². The summed E-state index contributed by atoms with van der Waals surface area (Å²) in [5, 5.41) is 3.87. The van der Waals surface area contributed by atoms with Crippen LogP contribution in [0.1, 0.15) is 5.56 Å². The van der Waals surface area contributed by atoms with Crippen molar-refractivity contribution < 1.29 is 18.3 Å². The molecule has 1 rings (SSSR count). The van der Waals surface area contributed by atoms with Crippen LogP contribution in [-0.2, 0) is 17.8 Å². The Bertz CT molecular complexity index is 318. The Hall–Kier alpha value is -1.21. The average Bonchev–Trinajstić information content (AvgIpc) is 2.60. The molecule has 1 aromatic rings. The van der Waals surface area contributed by atoms with Gasteiger partial charge in [-0.1, -0.05) is 0 Å². The van der Waals surface area contributed by atoms with Crippen LogP contribution in [0.4, 0.5) is 8.78 Å². The lowest BCUT2D eigenvalue weighted by atomic mass is 10.3. The first-order valence-corrected chi connectivity index (χ1v) is 4.83. The van der Waals surface area contributed by atoms with Crippen molar-refractivity contribution in [2.45, 2.75) is 19.5 Å². The van der Waals surface area contributed by atoms with Crippen LogP contribution in [-0.4, -0.2) is 36.5 Å². The van der Waals surface area contributed by atoms with Crippen LogP contribution < -0.4 is 10.5 Å². The van der Waals surface area contributed by atoms with Gasteiger partial charge in [0, 0.05) is 25.4 Å². The molecule has 0 aliphatic rings. The molecule has 0 amide bonds. The first-order chi connectivity index (χ1) is 7.67. The topological polar surface area (TPSA) is 62.3 Å². The Labute approximate surface area is 92.1 Å². The highest BCUT2D eigenvalue weighted by molar-refractivity contribution is 5.22. The Morgan fingerprint density at radius 3 is 2.81 bits per heavy atom. The fourth-order valence-electron chi connectivity index (χ4n) is 1.16. The second-order valence-corrected chi connectivity index (χ2v) is 3.12. The van der Waals surface area contributed by atoms with Crippen molar-refractivity contribution >= 4 is 0 Å². The predicted octanol–water partition coefficient (Wildman–Crippen LogP) is 0.632. The highest BCUT2D eigenvalue weighted by atomic mass is 19.3. The maximum Gasteiger partial charge on any atom is 0.257 e. The number of rotatable bonds is 7. The third-order valence-electron chi connectivity index (χ3n) is 1.87. The summed E-state index contributed by atoms with van der Waals surface area (Å²) in [6.45, 7) is 0.465. The van der Waals surface area contributed by atoms with Crippen molar-refractivity contribution in [3.05, 3.63) is 11.8 Å². The Morgan fingerprint density at radius 2 is 2.25 bits per heavy atom. The van der Waals surface area contributed by atoms with Crippen LogP contribution in [0.3, 0.4) is 0 Å². The number of nitrogens with two attached hydrogens (primary N) is 1. The van der Waals surface area contributed by atoms with Crippen molar-refractivity contribution in [1.82, 2.24) is 9.78 Å². The highest BCUT2D eigenvalue weighted by Crippen LogP contribution is 2.15. The number of alkyl halides is 2. The molecule has 0 fully saturated rings. The second-order valence-electron chi connectivity index (χ2n) is 3.12. The first kappa shape index (κ1) is 12.9. The van der Waals surface area contributed by atoms with Gasteiger partial charge >= 0.3 is 0 Å². The van der Waals surface area contributed by atoms with E-state index in [-0.39, 0.29) is 6.54 Å². The molecule has 0 aromatic carbocycles. The van der Waals surface area contributed by atoms with E-state index in [1.807, 2.05) is 0 Å². The maximum absolute atomic E-state index is 12.1. The lowest BCUT2D eigenvalue weighted by Gasteiger charge is -2.03. The Kier molecular flexibility index (Phi) is 5.13. The number of hydrogen-bond acceptors (Lipinski definition) is 4. The lowest BCUT2D eigenvalue weighted by Crippen LogP contribution is -2.08. The summed E-state index contributed by atoms with van der Waals surface area (Å²) >= 11 is 0. The molecule has 0 unspecified atom stereocenters. The summed E-state index contributed by atoms with van der Waals surface area (Å²) in [4.78, 5) is 0. The fourth-order valence-corrected chi connectivity index (χ4v) is 1.16. The van der Waals surface area contributed by atoms with E-state index in [0.29, 0.717) is 24.7 Å². The number of methoxy groups -OCH3 is 1. The average molecular weight is 235 g/mol. The number of aromatic nitrogens is 2. The van der Waals surface area contributed by atoms with Crippen molar-refractivity contribution in [3.8, 4) is 5.88 Å². The van der Waals surface area contributed by atoms with E-state index >= 15 is 0 Å². The van der Waals surface area contributed by atoms with Crippen molar-refractivity contribution in [1.29, 1.82) is 0 Å². The van der Waals surface area contributed by atoms with Gasteiger partial charge in [0.1, 0.15) is 13.2 Å². The Morgan fingerprint density at radius 1 is 1.50 bits per heavy atom. The van der Waals surface area contributed by atoms with Gasteiger partial charge in [0.15, 0.2) is 0 Å². The van der Waals surface area contributed by atoms with Gasteiger partial charge in [-0.2, -0.15) is 0 Å². The summed E-state index contributed by atoms with van der Waals surface area (Å²) in [6, 6.07) is 0. The molecular weight excluding hydrogens is 220 g/mol. The van der Waals surface area contributed by atoms with E-state index in [9.17, 15) is 8.78 Å². The summed E-state index contributed by atoms with van der Waals surface area (Å²) in [6.07, 6.45) is -0.980. The minimum atomic E-state index is -2.45. The fraction of sp³-hybridized carbons (Fsp3) is 0.667. The number of halogens is 2. The summed E-state index contributed by atoms with van der Waals surface area (Å²) in [7, 11) is 1.54. The zero-order chi connectivity index (χ0) is 12.0. The molecule has 0 spiro atoms. The molecule has 7 heteroatoms. The zero-order valence-corrected chi connectivity index (χ0v) is 9.03. The van der Waals surface area contributed by atoms with Crippen LogP contribution in [0.5, 0.6) is 5.88 Å². The van der Waals surface area contributed by atoms with Crippen molar-refractivity contribution in [2.24, 2.45) is 5.73 Å². The molecule has 5 nitrogen and oxygen atoms in total. The van der Waals surface area contributed by atoms with Gasteiger partial charge < -0.3 is 15.2 Å². The van der Waals surface area contributed by atoms with E-state index in [2.05, 4.69) is 5.10 Å². The van der Waals surface area contributed by atoms with Crippen molar-refractivity contribution in [3.63, 3.8) is 0 Å². The standard InChI is InChI=1S/C9H15F2N3O2/c1-15-2-3-16-9-7(4-12)5-14(13-9)6-8(10)11/h5,8H,2-4,6,12H2,1H3. The molecule has 2 N–H and O–H groups in total. The van der Waals surface area contributed by atoms with Crippen LogP contribution in [0, 0.1) is 0 Å². The molecule has 1 aromatic heterocycles. The van der Waals surface area contributed by atoms with Crippen LogP contribution in [0.25, 0.3) is 0 Å². The third-order valence-corrected chi connectivity index (χ3v) is 1.87. The SMILES string of the molecule is COCCOc1nn(CC(F)F)cc1CN. The quantitative estimate of drug-likeness (QED) is 0.704. The molecule has 1 heterocycles. The normalized spacial score (nSPS) is 11.1. The lowest BCUT2D eigenvalue weighted by molar-refractivity contribution is 0.119. The van der Waals surface area contributed by atoms with E-state index in [1.54, 1.807) is 7.11 Å². The minimum Gasteiger partial charge on any atom is -0.474 e. The number of ether oxygens (including phenoxy) is 2. The number of hydrogen-bond donors (Lipinski definition) is 1. The van der Waals surface area contributed by atoms with Gasteiger partial charge in [-0.05, 0) is 0 Å². The summed E-state index contributed by atoms with van der Waals surface area (Å²) < 4.78 is 35.4. The molecule has 0 saturated heterocycles. The molecule has 0 bridgehead atoms. The summed E-state index contributed by atoms with van der Waals surface area (Å²) in [5.41, 5.74) is 6.06. The van der Waals surface area contributed by atoms with E-state index in [1.165, 1.54) is 6.20 Å². The van der Waals surface area contributed by atoms with E-state index in [4.69, 9.17) is 15.2 Å². The van der Waals surface area contributed by atoms with E-state index < -0.39 is 13.0 Å². The van der Waals surface area contributed by atoms with Gasteiger partial charge in [0.25, 0.3) is 6.43 Å². The molecule has 92 valence electrons. The molecule has 0 aliphatic carbocycles. The van der Waals surface area contributed by atoms with Gasteiger partial charge in [0.2, 0.25) is 5.88 Å². The molecule has 0 aliphatic heterocycles. The van der Waals surface area contributed by atoms with E-state index in [0.717, 1.165) is 4.68 Å². The minimum absolute atomic E-state index is 0.200. The number of nitrogens with zero attached hydrogens (tertiary/aromatic N) is 2. The second kappa shape index (κ2) is 6.39. The summed E-state index contributed by atoms with van der Waals surface area (Å²) in [5.74, 6) is 0.292. The molecule has 16 heavy (non-hydrogen) atoms. The van der Waals surface area contributed by atoms with Crippen LogP contribution in [0.2, 0.25) is 0 Å². The van der Waals surface area contributed by atoms with Gasteiger partial charge in [-0.15, -0.1) is 5.10 Å². The first-order valence-electron chi connectivity index (χ1n) is 4.83. The third kappa shape index (κ3) is 3.74. The Balaban J connectivity index is 2.62. The van der Waals surface area contributed by atoms with Gasteiger partial charge in [0.05, 0.1) is 6.61 Å². The van der Waals surface area contributed by atoms with Gasteiger partial charge in [-0.25, -0.2) is 8.78 Å².